The van der Waals surface area contributed by atoms with E-state index in [0.29, 0.717) is 43.8 Å². The topological polar surface area (TPSA) is 144 Å². The second-order valence-electron chi connectivity index (χ2n) is 13.4. The summed E-state index contributed by atoms with van der Waals surface area (Å²) in [4.78, 5) is 21.5. The monoisotopic (exact) mass is 663 g/mol. The number of carbonyl (C=O) groups is 1. The number of benzene rings is 2. The first-order valence-electron chi connectivity index (χ1n) is 17.8. The molecule has 1 heterocycles. The molecule has 0 bridgehead atoms. The van der Waals surface area contributed by atoms with E-state index >= 15 is 0 Å². The van der Waals surface area contributed by atoms with Crippen molar-refractivity contribution in [3.05, 3.63) is 71.3 Å². The number of fused-ring (bicyclic) bond motifs is 2. The van der Waals surface area contributed by atoms with Crippen LogP contribution < -0.4 is 10.1 Å². The minimum Gasteiger partial charge on any atom is -0.508 e. The third-order valence-electron chi connectivity index (χ3n) is 10.1. The molecule has 10 heteroatoms. The highest BCUT2D eigenvalue weighted by Crippen LogP contribution is 2.60. The highest BCUT2D eigenvalue weighted by molar-refractivity contribution is 6.03. The Hall–Kier alpha value is -3.60. The number of aliphatic hydroxyl groups excluding tert-OH is 2. The van der Waals surface area contributed by atoms with Crippen LogP contribution in [0.25, 0.3) is 0 Å². The molecule has 262 valence electrons. The van der Waals surface area contributed by atoms with Gasteiger partial charge in [0, 0.05) is 44.2 Å². The molecule has 3 aliphatic rings. The van der Waals surface area contributed by atoms with Gasteiger partial charge >= 0.3 is 6.03 Å². The zero-order valence-corrected chi connectivity index (χ0v) is 28.4. The third-order valence-corrected chi connectivity index (χ3v) is 10.1. The molecule has 0 spiro atoms. The summed E-state index contributed by atoms with van der Waals surface area (Å²) in [7, 11) is 0. The molecule has 2 amide bonds. The van der Waals surface area contributed by atoms with E-state index in [2.05, 4.69) is 11.4 Å². The second kappa shape index (κ2) is 16.7. The maximum absolute atomic E-state index is 13.8. The Morgan fingerprint density at radius 3 is 2.50 bits per heavy atom. The summed E-state index contributed by atoms with van der Waals surface area (Å²) in [5.41, 5.74) is 3.31. The molecule has 0 saturated heterocycles. The lowest BCUT2D eigenvalue weighted by atomic mass is 9.55. The molecule has 1 fully saturated rings. The minimum atomic E-state index is -1.79. The van der Waals surface area contributed by atoms with Crippen molar-refractivity contribution in [1.29, 1.82) is 0 Å². The number of rotatable bonds is 16. The largest absolute Gasteiger partial charge is 0.508 e. The Bertz CT molecular complexity index is 1420. The van der Waals surface area contributed by atoms with Gasteiger partial charge in [0.25, 0.3) is 0 Å². The molecule has 2 aliphatic carbocycles. The SMILES string of the molecule is CCCNC(=O)N(CCC)[C@H]1CC(=NOCc2ccccc2)C2=C[C@H](CCCCO)[C@@H](CCCCO)[C@@H]3c4cc(O)ccc4O[C@@]1(O)[C@H]23. The molecular formula is C38H53N3O7. The van der Waals surface area contributed by atoms with Gasteiger partial charge in [0.05, 0.1) is 11.6 Å². The van der Waals surface area contributed by atoms with Crippen molar-refractivity contribution in [3.63, 3.8) is 0 Å². The van der Waals surface area contributed by atoms with E-state index in [0.717, 1.165) is 48.8 Å². The second-order valence-corrected chi connectivity index (χ2v) is 13.4. The summed E-state index contributed by atoms with van der Waals surface area (Å²) < 4.78 is 6.65. The number of nitrogens with one attached hydrogen (secondary N) is 1. The van der Waals surface area contributed by atoms with Crippen LogP contribution in [0.5, 0.6) is 11.5 Å². The van der Waals surface area contributed by atoms with E-state index in [1.165, 1.54) is 0 Å². The standard InChI is InChI=1S/C38H53N3O7/c1-3-18-39-37(45)41(19-4-2)34-24-32(40-47-25-26-12-6-5-7-13-26)30-22-27(14-8-10-20-42)29(15-9-11-21-43)35-31-23-28(44)16-17-33(31)48-38(34,46)36(30)35/h5-7,12-13,16-17,22-23,27,29,34-36,42-44,46H,3-4,8-11,14-15,18-21,24-25H2,1-2H3,(H,39,45)/t27-,29+,34-,35+,36+,38+/m0/s1. The number of aromatic hydroxyl groups is 1. The number of hydrogen-bond acceptors (Lipinski definition) is 8. The van der Waals surface area contributed by atoms with Crippen LogP contribution in [0.15, 0.2) is 65.3 Å². The van der Waals surface area contributed by atoms with Crippen molar-refractivity contribution < 1.29 is 34.8 Å². The molecule has 0 radical (unpaired) electrons. The van der Waals surface area contributed by atoms with E-state index in [9.17, 15) is 25.2 Å². The lowest BCUT2D eigenvalue weighted by molar-refractivity contribution is -0.228. The predicted molar refractivity (Wildman–Crippen MR) is 185 cm³/mol. The Balaban J connectivity index is 1.67. The number of unbranched alkanes of at least 4 members (excludes halogenated alkanes) is 2. The average molecular weight is 664 g/mol. The molecule has 1 saturated carbocycles. The zero-order valence-electron chi connectivity index (χ0n) is 28.4. The predicted octanol–water partition coefficient (Wildman–Crippen LogP) is 5.85. The van der Waals surface area contributed by atoms with Gasteiger partial charge in [0.2, 0.25) is 5.79 Å². The van der Waals surface area contributed by atoms with Gasteiger partial charge in [-0.15, -0.1) is 0 Å². The van der Waals surface area contributed by atoms with Crippen LogP contribution in [-0.2, 0) is 11.4 Å². The van der Waals surface area contributed by atoms with E-state index < -0.39 is 17.7 Å². The first-order chi connectivity index (χ1) is 23.4. The van der Waals surface area contributed by atoms with E-state index in [4.69, 9.17) is 14.7 Å². The summed E-state index contributed by atoms with van der Waals surface area (Å²) in [6.45, 7) is 5.41. The van der Waals surface area contributed by atoms with Gasteiger partial charge in [-0.3, -0.25) is 0 Å². The Morgan fingerprint density at radius 2 is 1.79 bits per heavy atom. The summed E-state index contributed by atoms with van der Waals surface area (Å²) in [6.07, 6.45) is 8.50. The Morgan fingerprint density at radius 1 is 1.04 bits per heavy atom. The number of carbonyl (C=O) groups excluding carboxylic acids is 1. The molecule has 5 rings (SSSR count). The number of aliphatic hydroxyl groups is 3. The fourth-order valence-electron chi connectivity index (χ4n) is 8.01. The van der Waals surface area contributed by atoms with Crippen molar-refractivity contribution in [2.75, 3.05) is 26.3 Å². The smallest absolute Gasteiger partial charge is 0.317 e. The summed E-state index contributed by atoms with van der Waals surface area (Å²) in [5.74, 6) is -1.93. The summed E-state index contributed by atoms with van der Waals surface area (Å²) in [5, 5.41) is 50.8. The maximum Gasteiger partial charge on any atom is 0.317 e. The van der Waals surface area contributed by atoms with Crippen LogP contribution in [0.3, 0.4) is 0 Å². The third kappa shape index (κ3) is 7.66. The maximum atomic E-state index is 13.8. The van der Waals surface area contributed by atoms with Gasteiger partial charge < -0.3 is 40.2 Å². The number of ether oxygens (including phenoxy) is 1. The van der Waals surface area contributed by atoms with Crippen LogP contribution in [0.1, 0.15) is 88.7 Å². The summed E-state index contributed by atoms with van der Waals surface area (Å²) >= 11 is 0. The number of allylic oxidation sites excluding steroid dienone is 1. The van der Waals surface area contributed by atoms with Gasteiger partial charge in [-0.25, -0.2) is 4.79 Å². The Labute approximate surface area is 284 Å². The van der Waals surface area contributed by atoms with E-state index in [-0.39, 0.29) is 55.8 Å². The lowest BCUT2D eigenvalue weighted by Gasteiger charge is -2.58. The molecule has 48 heavy (non-hydrogen) atoms. The molecular weight excluding hydrogens is 610 g/mol. The average Bonchev–Trinajstić information content (AvgIpc) is 3.09. The fourth-order valence-corrected chi connectivity index (χ4v) is 8.01. The van der Waals surface area contributed by atoms with Crippen molar-refractivity contribution in [2.24, 2.45) is 22.9 Å². The number of amides is 2. The molecule has 2 aromatic carbocycles. The number of oxime groups is 1. The van der Waals surface area contributed by atoms with Gasteiger partial charge in [0.15, 0.2) is 0 Å². The first kappa shape index (κ1) is 35.7. The molecule has 10 nitrogen and oxygen atoms in total. The van der Waals surface area contributed by atoms with E-state index in [1.54, 1.807) is 23.1 Å². The van der Waals surface area contributed by atoms with E-state index in [1.807, 2.05) is 44.2 Å². The number of hydrogen-bond donors (Lipinski definition) is 5. The fraction of sp³-hybridized carbons (Fsp3) is 0.579. The Kier molecular flexibility index (Phi) is 12.4. The summed E-state index contributed by atoms with van der Waals surface area (Å²) in [6, 6.07) is 13.8. The quantitative estimate of drug-likeness (QED) is 0.112. The molecule has 2 aromatic rings. The molecule has 1 aliphatic heterocycles. The van der Waals surface area contributed by atoms with Crippen molar-refractivity contribution in [2.45, 2.75) is 96.0 Å². The number of nitrogens with zero attached hydrogens (tertiary/aromatic N) is 2. The van der Waals surface area contributed by atoms with Crippen LogP contribution in [-0.4, -0.2) is 75.2 Å². The number of phenolic OH excluding ortho intramolecular Hbond substituents is 1. The van der Waals surface area contributed by atoms with Crippen LogP contribution in [0.4, 0.5) is 4.79 Å². The molecule has 5 N–H and O–H groups in total. The molecule has 0 unspecified atom stereocenters. The van der Waals surface area contributed by atoms with Crippen molar-refractivity contribution >= 4 is 11.7 Å². The van der Waals surface area contributed by atoms with Gasteiger partial charge in [-0.1, -0.05) is 68.3 Å². The highest BCUT2D eigenvalue weighted by Gasteiger charge is 2.64. The highest BCUT2D eigenvalue weighted by atomic mass is 16.6. The zero-order chi connectivity index (χ0) is 34.1. The first-order valence-corrected chi connectivity index (χ1v) is 17.8. The lowest BCUT2D eigenvalue weighted by Crippen LogP contribution is -2.69. The minimum absolute atomic E-state index is 0.0405. The van der Waals surface area contributed by atoms with Gasteiger partial charge in [-0.2, -0.15) is 0 Å². The van der Waals surface area contributed by atoms with Crippen LogP contribution in [0.2, 0.25) is 0 Å². The van der Waals surface area contributed by atoms with Crippen LogP contribution in [0, 0.1) is 17.8 Å². The van der Waals surface area contributed by atoms with Crippen molar-refractivity contribution in [3.8, 4) is 11.5 Å². The van der Waals surface area contributed by atoms with Gasteiger partial charge in [-0.05, 0) is 79.7 Å². The normalized spacial score (nSPS) is 26.6. The number of urea groups is 1. The number of phenols is 1. The van der Waals surface area contributed by atoms with Crippen LogP contribution >= 0.6 is 0 Å². The molecule has 0 aromatic heterocycles. The molecule has 6 atom stereocenters. The van der Waals surface area contributed by atoms with Crippen molar-refractivity contribution in [1.82, 2.24) is 10.2 Å². The van der Waals surface area contributed by atoms with Gasteiger partial charge in [0.1, 0.15) is 24.1 Å².